The van der Waals surface area contributed by atoms with E-state index in [1.54, 1.807) is 16.9 Å². The molecule has 20 heavy (non-hydrogen) atoms. The summed E-state index contributed by atoms with van der Waals surface area (Å²) in [5.74, 6) is 1.23. The molecular formula is C16H17NOS2. The van der Waals surface area contributed by atoms with Gasteiger partial charge in [-0.15, -0.1) is 22.7 Å². The van der Waals surface area contributed by atoms with Crippen LogP contribution in [-0.2, 0) is 17.6 Å². The van der Waals surface area contributed by atoms with Crippen molar-refractivity contribution in [1.82, 2.24) is 0 Å². The summed E-state index contributed by atoms with van der Waals surface area (Å²) < 4.78 is 0. The van der Waals surface area contributed by atoms with Crippen LogP contribution in [0.1, 0.15) is 46.6 Å². The lowest BCUT2D eigenvalue weighted by Gasteiger charge is -2.25. The van der Waals surface area contributed by atoms with Crippen molar-refractivity contribution < 1.29 is 4.79 Å². The Morgan fingerprint density at radius 3 is 3.05 bits per heavy atom. The highest BCUT2D eigenvalue weighted by atomic mass is 32.1. The Morgan fingerprint density at radius 2 is 2.25 bits per heavy atom. The van der Waals surface area contributed by atoms with Crippen molar-refractivity contribution in [3.05, 3.63) is 38.4 Å². The van der Waals surface area contributed by atoms with E-state index in [4.69, 9.17) is 0 Å². The smallest absolute Gasteiger partial charge is 0.225 e. The topological polar surface area (TPSA) is 29.1 Å². The molecule has 2 atom stereocenters. The van der Waals surface area contributed by atoms with Crippen LogP contribution >= 0.6 is 22.7 Å². The summed E-state index contributed by atoms with van der Waals surface area (Å²) in [5, 5.41) is 6.35. The normalized spacial score (nSPS) is 24.9. The van der Waals surface area contributed by atoms with Crippen LogP contribution in [0, 0.1) is 5.92 Å². The predicted octanol–water partition coefficient (Wildman–Crippen LogP) is 4.41. The predicted molar refractivity (Wildman–Crippen MR) is 84.9 cm³/mol. The second-order valence-electron chi connectivity index (χ2n) is 5.91. The summed E-state index contributed by atoms with van der Waals surface area (Å²) >= 11 is 3.59. The number of fused-ring (bicyclic) bond motifs is 3. The van der Waals surface area contributed by atoms with Gasteiger partial charge in [-0.25, -0.2) is 0 Å². The maximum absolute atomic E-state index is 12.0. The van der Waals surface area contributed by atoms with Gasteiger partial charge in [-0.1, -0.05) is 13.0 Å². The van der Waals surface area contributed by atoms with Crippen molar-refractivity contribution in [1.29, 1.82) is 0 Å². The molecule has 0 saturated carbocycles. The Bertz CT molecular complexity index is 656. The first-order valence-electron chi connectivity index (χ1n) is 7.20. The summed E-state index contributed by atoms with van der Waals surface area (Å²) in [4.78, 5) is 14.9. The molecule has 104 valence electrons. The van der Waals surface area contributed by atoms with E-state index in [1.807, 2.05) is 11.3 Å². The molecule has 2 aromatic heterocycles. The van der Waals surface area contributed by atoms with Gasteiger partial charge >= 0.3 is 0 Å². The monoisotopic (exact) mass is 303 g/mol. The second kappa shape index (κ2) is 4.71. The Hall–Kier alpha value is -1.13. The van der Waals surface area contributed by atoms with Crippen LogP contribution in [0.4, 0.5) is 5.00 Å². The lowest BCUT2D eigenvalue weighted by molar-refractivity contribution is -0.116. The molecule has 1 aliphatic heterocycles. The first kappa shape index (κ1) is 12.6. The standard InChI is InChI=1S/C16H17NOS2/c1-9-4-5-10-13(7-9)20-16-15(10)11(8-14(18)17-16)12-3-2-6-19-12/h2-3,6,9,11H,4-5,7-8H2,1H3,(H,17,18)/t9-,11+/m1/s1. The lowest BCUT2D eigenvalue weighted by atomic mass is 9.82. The number of rotatable bonds is 1. The van der Waals surface area contributed by atoms with Gasteiger partial charge in [0.2, 0.25) is 5.91 Å². The van der Waals surface area contributed by atoms with Gasteiger partial charge in [0.1, 0.15) is 0 Å². The Labute approximate surface area is 126 Å². The molecule has 0 fully saturated rings. The molecule has 4 heteroatoms. The number of nitrogens with one attached hydrogen (secondary N) is 1. The van der Waals surface area contributed by atoms with Gasteiger partial charge in [-0.2, -0.15) is 0 Å². The van der Waals surface area contributed by atoms with Gasteiger partial charge in [-0.3, -0.25) is 4.79 Å². The fourth-order valence-electron chi connectivity index (χ4n) is 3.43. The SMILES string of the molecule is C[C@@H]1CCc2c(sc3c2[C@H](c2cccs2)CC(=O)N3)C1. The van der Waals surface area contributed by atoms with Crippen LogP contribution in [0.5, 0.6) is 0 Å². The molecule has 1 N–H and O–H groups in total. The van der Waals surface area contributed by atoms with Crippen molar-refractivity contribution in [3.8, 4) is 0 Å². The molecule has 2 aromatic rings. The second-order valence-corrected chi connectivity index (χ2v) is 8.00. The number of thiophene rings is 2. The summed E-state index contributed by atoms with van der Waals surface area (Å²) in [6.07, 6.45) is 4.24. The van der Waals surface area contributed by atoms with Gasteiger partial charge in [0.15, 0.2) is 0 Å². The van der Waals surface area contributed by atoms with Gasteiger partial charge in [0.05, 0.1) is 5.00 Å². The zero-order valence-corrected chi connectivity index (χ0v) is 13.1. The van der Waals surface area contributed by atoms with Crippen LogP contribution in [0.3, 0.4) is 0 Å². The van der Waals surface area contributed by atoms with Crippen molar-refractivity contribution in [3.63, 3.8) is 0 Å². The first-order valence-corrected chi connectivity index (χ1v) is 8.89. The largest absolute Gasteiger partial charge is 0.317 e. The first-order chi connectivity index (χ1) is 9.72. The van der Waals surface area contributed by atoms with E-state index in [1.165, 1.54) is 34.6 Å². The van der Waals surface area contributed by atoms with Crippen molar-refractivity contribution in [2.24, 2.45) is 5.92 Å². The van der Waals surface area contributed by atoms with Crippen LogP contribution in [-0.4, -0.2) is 5.91 Å². The molecule has 0 spiro atoms. The fourth-order valence-corrected chi connectivity index (χ4v) is 5.76. The molecule has 0 bridgehead atoms. The highest BCUT2D eigenvalue weighted by Gasteiger charge is 2.34. The molecule has 0 unspecified atom stereocenters. The number of hydrogen-bond acceptors (Lipinski definition) is 3. The number of amides is 1. The van der Waals surface area contributed by atoms with Crippen LogP contribution < -0.4 is 5.32 Å². The molecular weight excluding hydrogens is 286 g/mol. The molecule has 4 rings (SSSR count). The molecule has 2 aliphatic rings. The minimum atomic E-state index is 0.169. The third-order valence-corrected chi connectivity index (χ3v) is 6.60. The number of carbonyl (C=O) groups is 1. The summed E-state index contributed by atoms with van der Waals surface area (Å²) in [6.45, 7) is 2.33. The average Bonchev–Trinajstić information content (AvgIpc) is 3.03. The lowest BCUT2D eigenvalue weighted by Crippen LogP contribution is -2.23. The summed E-state index contributed by atoms with van der Waals surface area (Å²) in [5.41, 5.74) is 2.97. The van der Waals surface area contributed by atoms with Crippen molar-refractivity contribution >= 4 is 33.6 Å². The Balaban J connectivity index is 1.85. The van der Waals surface area contributed by atoms with Crippen molar-refractivity contribution in [2.45, 2.75) is 38.5 Å². The molecule has 2 nitrogen and oxygen atoms in total. The maximum atomic E-state index is 12.0. The zero-order valence-electron chi connectivity index (χ0n) is 11.4. The average molecular weight is 303 g/mol. The number of carbonyl (C=O) groups excluding carboxylic acids is 1. The van der Waals surface area contributed by atoms with Gasteiger partial charge in [0.25, 0.3) is 0 Å². The summed E-state index contributed by atoms with van der Waals surface area (Å²) in [7, 11) is 0. The Morgan fingerprint density at radius 1 is 1.35 bits per heavy atom. The molecule has 3 heterocycles. The maximum Gasteiger partial charge on any atom is 0.225 e. The van der Waals surface area contributed by atoms with E-state index < -0.39 is 0 Å². The van der Waals surface area contributed by atoms with Crippen LogP contribution in [0.2, 0.25) is 0 Å². The van der Waals surface area contributed by atoms with E-state index in [-0.39, 0.29) is 11.8 Å². The quantitative estimate of drug-likeness (QED) is 0.830. The fraction of sp³-hybridized carbons (Fsp3) is 0.438. The minimum Gasteiger partial charge on any atom is -0.317 e. The molecule has 0 radical (unpaired) electrons. The molecule has 1 aliphatic carbocycles. The molecule has 0 aromatic carbocycles. The van der Waals surface area contributed by atoms with Crippen molar-refractivity contribution in [2.75, 3.05) is 5.32 Å². The minimum absolute atomic E-state index is 0.169. The third-order valence-electron chi connectivity index (χ3n) is 4.43. The molecule has 0 saturated heterocycles. The highest BCUT2D eigenvalue weighted by molar-refractivity contribution is 7.16. The van der Waals surface area contributed by atoms with E-state index in [0.29, 0.717) is 6.42 Å². The zero-order chi connectivity index (χ0) is 13.7. The Kier molecular flexibility index (Phi) is 2.97. The highest BCUT2D eigenvalue weighted by Crippen LogP contribution is 2.48. The number of anilines is 1. The summed E-state index contributed by atoms with van der Waals surface area (Å²) in [6, 6.07) is 4.26. The van der Waals surface area contributed by atoms with E-state index >= 15 is 0 Å². The third kappa shape index (κ3) is 1.93. The molecule has 1 amide bonds. The van der Waals surface area contributed by atoms with E-state index in [2.05, 4.69) is 29.8 Å². The van der Waals surface area contributed by atoms with E-state index in [0.717, 1.165) is 10.9 Å². The van der Waals surface area contributed by atoms with E-state index in [9.17, 15) is 4.79 Å². The van der Waals surface area contributed by atoms with Crippen LogP contribution in [0.15, 0.2) is 17.5 Å². The van der Waals surface area contributed by atoms with Crippen LogP contribution in [0.25, 0.3) is 0 Å². The number of hydrogen-bond donors (Lipinski definition) is 1. The van der Waals surface area contributed by atoms with Gasteiger partial charge in [-0.05, 0) is 47.8 Å². The van der Waals surface area contributed by atoms with Gasteiger partial charge in [0, 0.05) is 22.1 Å². The van der Waals surface area contributed by atoms with Gasteiger partial charge < -0.3 is 5.32 Å².